The molecule has 22 heavy (non-hydrogen) atoms. The summed E-state index contributed by atoms with van der Waals surface area (Å²) in [6, 6.07) is 10.4. The number of methoxy groups -OCH3 is 1. The first kappa shape index (κ1) is 14.4. The molecule has 0 unspecified atom stereocenters. The molecule has 116 valence electrons. The highest BCUT2D eigenvalue weighted by molar-refractivity contribution is 5.80. The summed E-state index contributed by atoms with van der Waals surface area (Å²) in [5.74, 6) is 1.68. The minimum absolute atomic E-state index is 0.586. The standard InChI is InChI=1S/C16H21N5O/c1-17-16(19-12-3-4-12)18-11-13-9-10-21(20-13)14-5-7-15(22-2)8-6-14/h5-10,12H,3-4,11H2,1-2H3,(H2,17,18,19). The Bertz CT molecular complexity index is 643. The van der Waals surface area contributed by atoms with Gasteiger partial charge in [-0.15, -0.1) is 0 Å². The van der Waals surface area contributed by atoms with Gasteiger partial charge in [0.25, 0.3) is 0 Å². The molecule has 0 saturated heterocycles. The normalized spacial score (nSPS) is 14.7. The zero-order valence-electron chi connectivity index (χ0n) is 12.9. The number of benzene rings is 1. The second-order valence-electron chi connectivity index (χ2n) is 5.29. The van der Waals surface area contributed by atoms with Crippen molar-refractivity contribution in [1.82, 2.24) is 20.4 Å². The fourth-order valence-corrected chi connectivity index (χ4v) is 2.12. The maximum Gasteiger partial charge on any atom is 0.191 e. The van der Waals surface area contributed by atoms with Gasteiger partial charge in [-0.2, -0.15) is 5.10 Å². The van der Waals surface area contributed by atoms with Crippen molar-refractivity contribution < 1.29 is 4.74 Å². The van der Waals surface area contributed by atoms with Crippen molar-refractivity contribution >= 4 is 5.96 Å². The number of hydrogen-bond donors (Lipinski definition) is 2. The van der Waals surface area contributed by atoms with Crippen molar-refractivity contribution in [1.29, 1.82) is 0 Å². The monoisotopic (exact) mass is 299 g/mol. The number of rotatable bonds is 5. The molecule has 1 aromatic carbocycles. The zero-order chi connectivity index (χ0) is 15.4. The fourth-order valence-electron chi connectivity index (χ4n) is 2.12. The minimum atomic E-state index is 0.586. The third-order valence-corrected chi connectivity index (χ3v) is 3.56. The third-order valence-electron chi connectivity index (χ3n) is 3.56. The molecule has 1 heterocycles. The van der Waals surface area contributed by atoms with Crippen LogP contribution >= 0.6 is 0 Å². The highest BCUT2D eigenvalue weighted by atomic mass is 16.5. The molecular formula is C16H21N5O. The number of hydrogen-bond acceptors (Lipinski definition) is 3. The van der Waals surface area contributed by atoms with Crippen LogP contribution < -0.4 is 15.4 Å². The first-order valence-electron chi connectivity index (χ1n) is 7.44. The number of ether oxygens (including phenoxy) is 1. The maximum atomic E-state index is 5.16. The average molecular weight is 299 g/mol. The summed E-state index contributed by atoms with van der Waals surface area (Å²) in [7, 11) is 3.45. The molecule has 0 radical (unpaired) electrons. The molecule has 6 nitrogen and oxygen atoms in total. The highest BCUT2D eigenvalue weighted by Gasteiger charge is 2.22. The van der Waals surface area contributed by atoms with Gasteiger partial charge >= 0.3 is 0 Å². The SMILES string of the molecule is CN=C(NCc1ccn(-c2ccc(OC)cc2)n1)NC1CC1. The van der Waals surface area contributed by atoms with Crippen LogP contribution in [0.15, 0.2) is 41.5 Å². The number of aromatic nitrogens is 2. The van der Waals surface area contributed by atoms with E-state index in [9.17, 15) is 0 Å². The first-order valence-corrected chi connectivity index (χ1v) is 7.44. The molecule has 0 amide bonds. The molecule has 1 aromatic heterocycles. The molecule has 2 aromatic rings. The van der Waals surface area contributed by atoms with Gasteiger partial charge in [0.05, 0.1) is 25.0 Å². The van der Waals surface area contributed by atoms with E-state index in [2.05, 4.69) is 20.7 Å². The van der Waals surface area contributed by atoms with Crippen molar-refractivity contribution in [2.24, 2.45) is 4.99 Å². The topological polar surface area (TPSA) is 63.5 Å². The Morgan fingerprint density at radius 1 is 1.32 bits per heavy atom. The predicted molar refractivity (Wildman–Crippen MR) is 86.5 cm³/mol. The lowest BCUT2D eigenvalue weighted by Gasteiger charge is -2.09. The van der Waals surface area contributed by atoms with Crippen molar-refractivity contribution in [2.45, 2.75) is 25.4 Å². The molecular weight excluding hydrogens is 278 g/mol. The van der Waals surface area contributed by atoms with Crippen molar-refractivity contribution in [3.8, 4) is 11.4 Å². The molecule has 0 bridgehead atoms. The van der Waals surface area contributed by atoms with E-state index >= 15 is 0 Å². The van der Waals surface area contributed by atoms with E-state index in [1.807, 2.05) is 41.2 Å². The lowest BCUT2D eigenvalue weighted by Crippen LogP contribution is -2.38. The van der Waals surface area contributed by atoms with E-state index in [1.165, 1.54) is 12.8 Å². The largest absolute Gasteiger partial charge is 0.497 e. The van der Waals surface area contributed by atoms with E-state index in [-0.39, 0.29) is 0 Å². The van der Waals surface area contributed by atoms with Crippen LogP contribution in [0.4, 0.5) is 0 Å². The number of guanidine groups is 1. The quantitative estimate of drug-likeness (QED) is 0.652. The van der Waals surface area contributed by atoms with Crippen LogP contribution in [0, 0.1) is 0 Å². The summed E-state index contributed by atoms with van der Waals surface area (Å²) >= 11 is 0. The van der Waals surface area contributed by atoms with Crippen LogP contribution in [-0.4, -0.2) is 35.9 Å². The van der Waals surface area contributed by atoms with Crippen LogP contribution in [0.3, 0.4) is 0 Å². The Balaban J connectivity index is 1.60. The van der Waals surface area contributed by atoms with Gasteiger partial charge in [-0.3, -0.25) is 4.99 Å². The lowest BCUT2D eigenvalue weighted by atomic mass is 10.3. The smallest absolute Gasteiger partial charge is 0.191 e. The van der Waals surface area contributed by atoms with Gasteiger partial charge in [0.1, 0.15) is 5.75 Å². The second kappa shape index (κ2) is 6.51. The summed E-state index contributed by atoms with van der Waals surface area (Å²) < 4.78 is 7.02. The van der Waals surface area contributed by atoms with E-state index in [0.717, 1.165) is 23.1 Å². The summed E-state index contributed by atoms with van der Waals surface area (Å²) in [6.07, 6.45) is 4.41. The molecule has 1 fully saturated rings. The number of nitrogens with zero attached hydrogens (tertiary/aromatic N) is 3. The molecule has 1 aliphatic carbocycles. The zero-order valence-corrected chi connectivity index (χ0v) is 12.9. The van der Waals surface area contributed by atoms with Gasteiger partial charge in [0, 0.05) is 19.3 Å². The minimum Gasteiger partial charge on any atom is -0.497 e. The van der Waals surface area contributed by atoms with Gasteiger partial charge in [-0.25, -0.2) is 4.68 Å². The molecule has 1 saturated carbocycles. The second-order valence-corrected chi connectivity index (χ2v) is 5.29. The van der Waals surface area contributed by atoms with Crippen LogP contribution in [0.5, 0.6) is 5.75 Å². The molecule has 0 spiro atoms. The van der Waals surface area contributed by atoms with Crippen molar-refractivity contribution in [3.05, 3.63) is 42.2 Å². The third kappa shape index (κ3) is 3.58. The van der Waals surface area contributed by atoms with Gasteiger partial charge in [0.2, 0.25) is 0 Å². The highest BCUT2D eigenvalue weighted by Crippen LogP contribution is 2.18. The lowest BCUT2D eigenvalue weighted by molar-refractivity contribution is 0.414. The Hall–Kier alpha value is -2.50. The Labute approximate surface area is 130 Å². The summed E-state index contributed by atoms with van der Waals surface area (Å²) in [5.41, 5.74) is 1.97. The van der Waals surface area contributed by atoms with E-state index in [0.29, 0.717) is 12.6 Å². The predicted octanol–water partition coefficient (Wildman–Crippen LogP) is 1.71. The number of nitrogens with one attached hydrogen (secondary N) is 2. The first-order chi connectivity index (χ1) is 10.8. The van der Waals surface area contributed by atoms with Crippen LogP contribution in [-0.2, 0) is 6.54 Å². The van der Waals surface area contributed by atoms with E-state index in [1.54, 1.807) is 14.2 Å². The van der Waals surface area contributed by atoms with Gasteiger partial charge in [-0.1, -0.05) is 0 Å². The van der Waals surface area contributed by atoms with Crippen molar-refractivity contribution in [2.75, 3.05) is 14.2 Å². The van der Waals surface area contributed by atoms with Crippen LogP contribution in [0.25, 0.3) is 5.69 Å². The van der Waals surface area contributed by atoms with Gasteiger partial charge < -0.3 is 15.4 Å². The molecule has 1 aliphatic rings. The van der Waals surface area contributed by atoms with E-state index < -0.39 is 0 Å². The van der Waals surface area contributed by atoms with Crippen LogP contribution in [0.1, 0.15) is 18.5 Å². The maximum absolute atomic E-state index is 5.16. The molecule has 0 aliphatic heterocycles. The summed E-state index contributed by atoms with van der Waals surface area (Å²) in [4.78, 5) is 4.21. The van der Waals surface area contributed by atoms with E-state index in [4.69, 9.17) is 4.74 Å². The molecule has 3 rings (SSSR count). The molecule has 0 atom stereocenters. The van der Waals surface area contributed by atoms with Crippen molar-refractivity contribution in [3.63, 3.8) is 0 Å². The van der Waals surface area contributed by atoms with Crippen LogP contribution in [0.2, 0.25) is 0 Å². The molecule has 6 heteroatoms. The Morgan fingerprint density at radius 3 is 2.73 bits per heavy atom. The Morgan fingerprint density at radius 2 is 2.09 bits per heavy atom. The fraction of sp³-hybridized carbons (Fsp3) is 0.375. The van der Waals surface area contributed by atoms with Gasteiger partial charge in [0.15, 0.2) is 5.96 Å². The molecule has 2 N–H and O–H groups in total. The summed E-state index contributed by atoms with van der Waals surface area (Å²) in [6.45, 7) is 0.648. The number of aliphatic imine (C=N–C) groups is 1. The summed E-state index contributed by atoms with van der Waals surface area (Å²) in [5, 5.41) is 11.2. The van der Waals surface area contributed by atoms with Gasteiger partial charge in [-0.05, 0) is 43.2 Å². The Kier molecular flexibility index (Phi) is 4.27. The average Bonchev–Trinajstić information content (AvgIpc) is 3.26.